The van der Waals surface area contributed by atoms with Crippen molar-refractivity contribution in [3.8, 4) is 0 Å². The van der Waals surface area contributed by atoms with Crippen molar-refractivity contribution in [3.63, 3.8) is 0 Å². The summed E-state index contributed by atoms with van der Waals surface area (Å²) >= 11 is 6.33. The van der Waals surface area contributed by atoms with Crippen LogP contribution in [0.5, 0.6) is 0 Å². The molecule has 5 rings (SSSR count). The third-order valence-electron chi connectivity index (χ3n) is 6.01. The molecule has 1 N–H and O–H groups in total. The van der Waals surface area contributed by atoms with Gasteiger partial charge in [0.2, 0.25) is 0 Å². The molecule has 166 valence electrons. The smallest absolute Gasteiger partial charge is 0.326 e. The SMILES string of the molecule is Cc1cn2ncc3c(c2n1)C(C)(C)CN3C(=O)Nc1cnc(C(=O)N2CC(C)C2)c(Cl)c1. The van der Waals surface area contributed by atoms with Crippen molar-refractivity contribution in [2.24, 2.45) is 5.92 Å². The Hall–Kier alpha value is -3.20. The number of hydrogen-bond donors (Lipinski definition) is 1. The molecule has 2 aliphatic rings. The number of nitrogens with one attached hydrogen (secondary N) is 1. The minimum absolute atomic E-state index is 0.189. The number of rotatable bonds is 2. The first-order valence-corrected chi connectivity index (χ1v) is 10.9. The maximum Gasteiger partial charge on any atom is 0.326 e. The number of pyridine rings is 1. The van der Waals surface area contributed by atoms with Gasteiger partial charge in [0.25, 0.3) is 5.91 Å². The fourth-order valence-corrected chi connectivity index (χ4v) is 4.75. The fourth-order valence-electron chi connectivity index (χ4n) is 4.50. The van der Waals surface area contributed by atoms with Gasteiger partial charge in [-0.3, -0.25) is 9.69 Å². The quantitative estimate of drug-likeness (QED) is 0.640. The van der Waals surface area contributed by atoms with Crippen molar-refractivity contribution in [2.45, 2.75) is 33.1 Å². The summed E-state index contributed by atoms with van der Waals surface area (Å²) in [5.74, 6) is 0.303. The van der Waals surface area contributed by atoms with Crippen LogP contribution in [0, 0.1) is 12.8 Å². The Morgan fingerprint density at radius 2 is 2.00 bits per heavy atom. The van der Waals surface area contributed by atoms with Crippen LogP contribution in [0.1, 0.15) is 42.5 Å². The lowest BCUT2D eigenvalue weighted by atomic mass is 9.88. The Labute approximate surface area is 190 Å². The van der Waals surface area contributed by atoms with E-state index < -0.39 is 0 Å². The van der Waals surface area contributed by atoms with Crippen LogP contribution < -0.4 is 10.2 Å². The Balaban J connectivity index is 1.39. The Morgan fingerprint density at radius 3 is 2.69 bits per heavy atom. The van der Waals surface area contributed by atoms with Crippen LogP contribution >= 0.6 is 11.6 Å². The number of likely N-dealkylation sites (tertiary alicyclic amines) is 1. The second-order valence-electron chi connectivity index (χ2n) is 9.33. The van der Waals surface area contributed by atoms with Gasteiger partial charge in [0.15, 0.2) is 5.65 Å². The average molecular weight is 454 g/mol. The monoisotopic (exact) mass is 453 g/mol. The minimum Gasteiger partial charge on any atom is -0.337 e. The number of halogens is 1. The molecule has 0 aliphatic carbocycles. The molecule has 1 fully saturated rings. The third kappa shape index (κ3) is 3.28. The van der Waals surface area contributed by atoms with E-state index in [1.807, 2.05) is 13.1 Å². The van der Waals surface area contributed by atoms with Crippen LogP contribution in [0.2, 0.25) is 5.02 Å². The summed E-state index contributed by atoms with van der Waals surface area (Å²) in [6.45, 7) is 10.1. The fraction of sp³-hybridized carbons (Fsp3) is 0.409. The molecule has 3 aromatic heterocycles. The van der Waals surface area contributed by atoms with Gasteiger partial charge in [-0.05, 0) is 18.9 Å². The number of fused-ring (bicyclic) bond motifs is 3. The van der Waals surface area contributed by atoms with E-state index in [0.717, 1.165) is 22.6 Å². The maximum absolute atomic E-state index is 13.2. The van der Waals surface area contributed by atoms with Gasteiger partial charge < -0.3 is 10.2 Å². The number of aryl methyl sites for hydroxylation is 1. The first kappa shape index (κ1) is 20.7. The van der Waals surface area contributed by atoms with Crippen molar-refractivity contribution < 1.29 is 9.59 Å². The number of imidazole rings is 1. The first-order chi connectivity index (χ1) is 15.1. The lowest BCUT2D eigenvalue weighted by Crippen LogP contribution is -2.48. The average Bonchev–Trinajstić information content (AvgIpc) is 3.21. The van der Waals surface area contributed by atoms with Gasteiger partial charge >= 0.3 is 6.03 Å². The summed E-state index contributed by atoms with van der Waals surface area (Å²) in [5, 5.41) is 7.48. The molecule has 0 radical (unpaired) electrons. The molecule has 0 aromatic carbocycles. The highest BCUT2D eigenvalue weighted by atomic mass is 35.5. The number of carbonyl (C=O) groups is 2. The number of amides is 3. The number of carbonyl (C=O) groups excluding carboxylic acids is 2. The predicted molar refractivity (Wildman–Crippen MR) is 121 cm³/mol. The van der Waals surface area contributed by atoms with Gasteiger partial charge in [0.05, 0.1) is 40.7 Å². The summed E-state index contributed by atoms with van der Waals surface area (Å²) in [6, 6.07) is 1.24. The molecule has 3 amide bonds. The molecule has 2 aliphatic heterocycles. The van der Waals surface area contributed by atoms with E-state index >= 15 is 0 Å². The Kier molecular flexibility index (Phi) is 4.63. The molecular weight excluding hydrogens is 430 g/mol. The molecule has 0 bridgehead atoms. The molecule has 10 heteroatoms. The van der Waals surface area contributed by atoms with Crippen LogP contribution in [0.15, 0.2) is 24.7 Å². The summed E-state index contributed by atoms with van der Waals surface area (Å²) in [4.78, 5) is 37.9. The highest BCUT2D eigenvalue weighted by Crippen LogP contribution is 2.42. The van der Waals surface area contributed by atoms with E-state index in [-0.39, 0.29) is 28.1 Å². The molecule has 9 nitrogen and oxygen atoms in total. The van der Waals surface area contributed by atoms with Gasteiger partial charge in [-0.1, -0.05) is 32.4 Å². The molecular formula is C22H24ClN7O2. The Bertz CT molecular complexity index is 1260. The predicted octanol–water partition coefficient (Wildman–Crippen LogP) is 3.51. The molecule has 0 saturated carbocycles. The summed E-state index contributed by atoms with van der Waals surface area (Å²) in [7, 11) is 0. The zero-order chi connectivity index (χ0) is 22.8. The van der Waals surface area contributed by atoms with Crippen molar-refractivity contribution in [1.82, 2.24) is 24.5 Å². The van der Waals surface area contributed by atoms with Crippen LogP contribution in [0.25, 0.3) is 5.65 Å². The van der Waals surface area contributed by atoms with Crippen molar-refractivity contribution in [2.75, 3.05) is 29.9 Å². The number of aromatic nitrogens is 4. The molecule has 0 spiro atoms. The minimum atomic E-state index is -0.320. The third-order valence-corrected chi connectivity index (χ3v) is 6.29. The molecule has 0 unspecified atom stereocenters. The highest BCUT2D eigenvalue weighted by molar-refractivity contribution is 6.33. The zero-order valence-corrected chi connectivity index (χ0v) is 19.1. The lowest BCUT2D eigenvalue weighted by molar-refractivity contribution is 0.0524. The molecule has 5 heterocycles. The van der Waals surface area contributed by atoms with Gasteiger partial charge in [0.1, 0.15) is 5.69 Å². The van der Waals surface area contributed by atoms with Gasteiger partial charge in [-0.2, -0.15) is 5.10 Å². The number of urea groups is 1. The number of anilines is 2. The van der Waals surface area contributed by atoms with Crippen LogP contribution in [-0.2, 0) is 5.41 Å². The maximum atomic E-state index is 13.2. The normalized spacial score (nSPS) is 17.4. The number of nitrogens with zero attached hydrogens (tertiary/aromatic N) is 6. The van der Waals surface area contributed by atoms with Gasteiger partial charge in [-0.15, -0.1) is 0 Å². The second-order valence-corrected chi connectivity index (χ2v) is 9.73. The van der Waals surface area contributed by atoms with E-state index in [4.69, 9.17) is 11.6 Å². The zero-order valence-electron chi connectivity index (χ0n) is 18.4. The van der Waals surface area contributed by atoms with Crippen LogP contribution in [0.3, 0.4) is 0 Å². The molecule has 32 heavy (non-hydrogen) atoms. The largest absolute Gasteiger partial charge is 0.337 e. The molecule has 1 saturated heterocycles. The van der Waals surface area contributed by atoms with E-state index in [9.17, 15) is 9.59 Å². The Morgan fingerprint density at radius 1 is 1.25 bits per heavy atom. The van der Waals surface area contributed by atoms with E-state index in [1.54, 1.807) is 26.6 Å². The highest BCUT2D eigenvalue weighted by Gasteiger charge is 2.41. The van der Waals surface area contributed by atoms with Crippen LogP contribution in [-0.4, -0.2) is 56.1 Å². The standard InChI is InChI=1S/C22H24ClN7O2/c1-12-8-28(9-12)20(31)18-15(23)5-14(6-24-18)27-21(32)29-11-22(3,4)17-16(29)7-25-30-10-13(2)26-19(17)30/h5-7,10,12H,8-9,11H2,1-4H3,(H,27,32). The molecule has 3 aromatic rings. The summed E-state index contributed by atoms with van der Waals surface area (Å²) in [5.41, 5.74) is 3.66. The van der Waals surface area contributed by atoms with E-state index in [2.05, 4.69) is 41.2 Å². The summed E-state index contributed by atoms with van der Waals surface area (Å²) in [6.07, 6.45) is 5.02. The van der Waals surface area contributed by atoms with E-state index in [1.165, 1.54) is 6.20 Å². The first-order valence-electron chi connectivity index (χ1n) is 10.5. The van der Waals surface area contributed by atoms with E-state index in [0.29, 0.717) is 31.2 Å². The van der Waals surface area contributed by atoms with Crippen molar-refractivity contribution >= 4 is 40.6 Å². The van der Waals surface area contributed by atoms with Gasteiger partial charge in [-0.25, -0.2) is 19.3 Å². The lowest BCUT2D eigenvalue weighted by Gasteiger charge is -2.37. The second kappa shape index (κ2) is 7.16. The topological polar surface area (TPSA) is 95.7 Å². The summed E-state index contributed by atoms with van der Waals surface area (Å²) < 4.78 is 1.75. The number of hydrogen-bond acceptors (Lipinski definition) is 5. The van der Waals surface area contributed by atoms with Crippen molar-refractivity contribution in [1.29, 1.82) is 0 Å². The van der Waals surface area contributed by atoms with Gasteiger partial charge in [0, 0.05) is 30.6 Å². The molecule has 0 atom stereocenters. The van der Waals surface area contributed by atoms with Crippen molar-refractivity contribution in [3.05, 3.63) is 46.6 Å². The van der Waals surface area contributed by atoms with Crippen LogP contribution in [0.4, 0.5) is 16.2 Å².